The van der Waals surface area contributed by atoms with Crippen LogP contribution >= 0.6 is 0 Å². The first-order valence-electron chi connectivity index (χ1n) is 10.4. The van der Waals surface area contributed by atoms with Gasteiger partial charge in [0.15, 0.2) is 5.41 Å². The van der Waals surface area contributed by atoms with Gasteiger partial charge in [-0.25, -0.2) is 0 Å². The van der Waals surface area contributed by atoms with Crippen molar-refractivity contribution in [3.8, 4) is 18.2 Å². The van der Waals surface area contributed by atoms with Crippen molar-refractivity contribution in [3.63, 3.8) is 0 Å². The standard InChI is InChI=1S/C24H26N4O2/c1-15-7-5-6-8-17(15)19-22(12-25,13-26)23(14-27)18-11-16(21(2,3)4)9-10-24(18,29-19)30-20(23)28/h5-8,16,18-19,28H,9-11H2,1-4H3. The molecule has 2 heterocycles. The van der Waals surface area contributed by atoms with Crippen molar-refractivity contribution < 1.29 is 9.47 Å². The van der Waals surface area contributed by atoms with Crippen molar-refractivity contribution in [1.29, 1.82) is 21.2 Å². The number of nitrogens with one attached hydrogen (secondary N) is 1. The number of ether oxygens (including phenoxy) is 2. The van der Waals surface area contributed by atoms with Crippen LogP contribution in [0, 0.1) is 74.4 Å². The van der Waals surface area contributed by atoms with E-state index in [4.69, 9.17) is 14.9 Å². The first-order chi connectivity index (χ1) is 14.1. The van der Waals surface area contributed by atoms with Gasteiger partial charge in [0.1, 0.15) is 6.10 Å². The highest BCUT2D eigenvalue weighted by Gasteiger charge is 2.81. The zero-order valence-electron chi connectivity index (χ0n) is 17.8. The smallest absolute Gasteiger partial charge is 0.217 e. The van der Waals surface area contributed by atoms with Gasteiger partial charge in [-0.15, -0.1) is 0 Å². The molecule has 3 fully saturated rings. The second kappa shape index (κ2) is 6.31. The van der Waals surface area contributed by atoms with Crippen molar-refractivity contribution in [2.24, 2.45) is 28.1 Å². The summed E-state index contributed by atoms with van der Waals surface area (Å²) in [6, 6.07) is 14.0. The predicted octanol–water partition coefficient (Wildman–Crippen LogP) is 4.78. The highest BCUT2D eigenvalue weighted by atomic mass is 16.7. The van der Waals surface area contributed by atoms with Crippen LogP contribution in [0.1, 0.15) is 57.3 Å². The number of rotatable bonds is 1. The molecule has 0 spiro atoms. The van der Waals surface area contributed by atoms with Crippen LogP contribution in [0.15, 0.2) is 24.3 Å². The van der Waals surface area contributed by atoms with E-state index in [0.717, 1.165) is 12.0 Å². The largest absolute Gasteiger partial charge is 0.447 e. The molecule has 0 aromatic heterocycles. The summed E-state index contributed by atoms with van der Waals surface area (Å²) in [5, 5.41) is 39.9. The summed E-state index contributed by atoms with van der Waals surface area (Å²) < 4.78 is 12.6. The van der Waals surface area contributed by atoms with Gasteiger partial charge in [-0.3, -0.25) is 5.41 Å². The summed E-state index contributed by atoms with van der Waals surface area (Å²) >= 11 is 0. The van der Waals surface area contributed by atoms with Gasteiger partial charge in [0.05, 0.1) is 24.1 Å². The van der Waals surface area contributed by atoms with Gasteiger partial charge < -0.3 is 9.47 Å². The van der Waals surface area contributed by atoms with E-state index < -0.39 is 28.6 Å². The lowest BCUT2D eigenvalue weighted by Gasteiger charge is -2.54. The molecule has 1 aliphatic carbocycles. The Bertz CT molecular complexity index is 1020. The lowest BCUT2D eigenvalue weighted by molar-refractivity contribution is -0.301. The zero-order chi connectivity index (χ0) is 21.9. The normalized spacial score (nSPS) is 36.6. The molecule has 0 radical (unpaired) electrons. The molecule has 2 saturated heterocycles. The number of nitriles is 3. The lowest BCUT2D eigenvalue weighted by atomic mass is 9.49. The molecule has 154 valence electrons. The summed E-state index contributed by atoms with van der Waals surface area (Å²) in [7, 11) is 0. The maximum absolute atomic E-state index is 10.5. The SMILES string of the molecule is Cc1ccccc1C1OC23CCC(C(C)(C)C)CC2C(C#N)(C(=N)O3)C1(C#N)C#N. The quantitative estimate of drug-likeness (QED) is 0.726. The van der Waals surface area contributed by atoms with Crippen molar-refractivity contribution in [3.05, 3.63) is 35.4 Å². The van der Waals surface area contributed by atoms with E-state index in [-0.39, 0.29) is 17.2 Å². The van der Waals surface area contributed by atoms with Crippen LogP contribution in [-0.4, -0.2) is 11.7 Å². The number of nitrogens with zero attached hydrogens (tertiary/aromatic N) is 3. The Labute approximate surface area is 177 Å². The fraction of sp³-hybridized carbons (Fsp3) is 0.583. The van der Waals surface area contributed by atoms with E-state index in [0.29, 0.717) is 18.4 Å². The molecule has 1 aromatic carbocycles. The van der Waals surface area contributed by atoms with Gasteiger partial charge in [-0.05, 0) is 42.2 Å². The third kappa shape index (κ3) is 2.28. The Morgan fingerprint density at radius 1 is 1.10 bits per heavy atom. The number of hydrogen-bond donors (Lipinski definition) is 1. The molecule has 1 saturated carbocycles. The van der Waals surface area contributed by atoms with Crippen LogP contribution in [0.2, 0.25) is 0 Å². The highest BCUT2D eigenvalue weighted by Crippen LogP contribution is 2.70. The van der Waals surface area contributed by atoms with Crippen molar-refractivity contribution in [2.45, 2.75) is 58.8 Å². The first kappa shape index (κ1) is 20.4. The molecule has 5 atom stereocenters. The predicted molar refractivity (Wildman–Crippen MR) is 109 cm³/mol. The van der Waals surface area contributed by atoms with Crippen LogP contribution in [0.4, 0.5) is 0 Å². The Morgan fingerprint density at radius 3 is 2.33 bits per heavy atom. The Balaban J connectivity index is 1.97. The van der Waals surface area contributed by atoms with Crippen molar-refractivity contribution in [2.75, 3.05) is 0 Å². The first-order valence-corrected chi connectivity index (χ1v) is 10.4. The van der Waals surface area contributed by atoms with Crippen molar-refractivity contribution >= 4 is 5.90 Å². The molecule has 3 aliphatic rings. The summed E-state index contributed by atoms with van der Waals surface area (Å²) in [4.78, 5) is 0. The minimum atomic E-state index is -1.88. The van der Waals surface area contributed by atoms with E-state index in [1.165, 1.54) is 0 Å². The zero-order valence-corrected chi connectivity index (χ0v) is 17.8. The topological polar surface area (TPSA) is 114 Å². The van der Waals surface area contributed by atoms with Crippen molar-refractivity contribution in [1.82, 2.24) is 0 Å². The fourth-order valence-electron chi connectivity index (χ4n) is 5.79. The second-order valence-electron chi connectivity index (χ2n) is 9.94. The van der Waals surface area contributed by atoms with Crippen LogP contribution in [0.5, 0.6) is 0 Å². The third-order valence-electron chi connectivity index (χ3n) is 7.61. The third-order valence-corrected chi connectivity index (χ3v) is 7.61. The molecule has 5 unspecified atom stereocenters. The minimum Gasteiger partial charge on any atom is -0.447 e. The second-order valence-corrected chi connectivity index (χ2v) is 9.94. The van der Waals surface area contributed by atoms with E-state index >= 15 is 0 Å². The lowest BCUT2D eigenvalue weighted by Crippen LogP contribution is -2.61. The Hall–Kier alpha value is -2.88. The fourth-order valence-corrected chi connectivity index (χ4v) is 5.79. The summed E-state index contributed by atoms with van der Waals surface area (Å²) in [6.07, 6.45) is 0.964. The van der Waals surface area contributed by atoms with E-state index in [9.17, 15) is 15.8 Å². The van der Waals surface area contributed by atoms with Gasteiger partial charge in [-0.1, -0.05) is 45.0 Å². The Morgan fingerprint density at radius 2 is 1.77 bits per heavy atom. The van der Waals surface area contributed by atoms with Gasteiger partial charge in [-0.2, -0.15) is 15.8 Å². The monoisotopic (exact) mass is 402 g/mol. The summed E-state index contributed by atoms with van der Waals surface area (Å²) in [5.74, 6) is -1.73. The molecule has 0 amide bonds. The molecule has 1 aromatic rings. The van der Waals surface area contributed by atoms with Crippen LogP contribution in [0.3, 0.4) is 0 Å². The van der Waals surface area contributed by atoms with Crippen LogP contribution in [0.25, 0.3) is 0 Å². The van der Waals surface area contributed by atoms with E-state index in [1.54, 1.807) is 0 Å². The molecular formula is C24H26N4O2. The molecule has 30 heavy (non-hydrogen) atoms. The summed E-state index contributed by atoms with van der Waals surface area (Å²) in [5.41, 5.74) is -2.00. The maximum Gasteiger partial charge on any atom is 0.217 e. The van der Waals surface area contributed by atoms with Gasteiger partial charge in [0, 0.05) is 6.42 Å². The average Bonchev–Trinajstić information content (AvgIpc) is 2.91. The molecule has 6 nitrogen and oxygen atoms in total. The number of aryl methyl sites for hydroxylation is 1. The van der Waals surface area contributed by atoms with Crippen LogP contribution in [-0.2, 0) is 9.47 Å². The van der Waals surface area contributed by atoms with E-state index in [2.05, 4.69) is 39.0 Å². The minimum absolute atomic E-state index is 0.00526. The molecular weight excluding hydrogens is 376 g/mol. The molecule has 2 aliphatic heterocycles. The van der Waals surface area contributed by atoms with E-state index in [1.807, 2.05) is 31.2 Å². The molecule has 1 N–H and O–H groups in total. The highest BCUT2D eigenvalue weighted by molar-refractivity contribution is 5.89. The van der Waals surface area contributed by atoms with Gasteiger partial charge in [0.25, 0.3) is 0 Å². The summed E-state index contributed by atoms with van der Waals surface area (Å²) in [6.45, 7) is 8.37. The van der Waals surface area contributed by atoms with Crippen LogP contribution < -0.4 is 0 Å². The number of hydrogen-bond acceptors (Lipinski definition) is 6. The maximum atomic E-state index is 10.5. The molecule has 4 rings (SSSR count). The Kier molecular flexibility index (Phi) is 4.29. The molecule has 6 heteroatoms. The van der Waals surface area contributed by atoms with Gasteiger partial charge in [0.2, 0.25) is 17.1 Å². The number of benzene rings is 1. The molecule has 2 bridgehead atoms. The average molecular weight is 402 g/mol. The van der Waals surface area contributed by atoms with Gasteiger partial charge >= 0.3 is 0 Å².